The zero-order chi connectivity index (χ0) is 25.6. The minimum absolute atomic E-state index is 0.365. The highest BCUT2D eigenvalue weighted by molar-refractivity contribution is 5.80. The fourth-order valence-electron chi connectivity index (χ4n) is 0.936. The Labute approximate surface area is 179 Å². The van der Waals surface area contributed by atoms with E-state index in [-0.39, 0.29) is 39.6 Å². The van der Waals surface area contributed by atoms with Crippen molar-refractivity contribution in [2.24, 2.45) is 0 Å². The molecule has 15 heteroatoms. The Morgan fingerprint density at radius 1 is 0.516 bits per heavy atom. The molecule has 0 bridgehead atoms. The first-order valence-corrected chi connectivity index (χ1v) is 8.87. The van der Waals surface area contributed by atoms with Crippen molar-refractivity contribution in [2.45, 2.75) is 49.7 Å². The molecule has 0 unspecified atom stereocenters. The van der Waals surface area contributed by atoms with Gasteiger partial charge in [-0.3, -0.25) is 4.79 Å². The van der Waals surface area contributed by atoms with Gasteiger partial charge in [0.05, 0.1) is 46.2 Å². The van der Waals surface area contributed by atoms with Crippen LogP contribution in [0.5, 0.6) is 0 Å². The molecule has 0 aliphatic heterocycles. The molecule has 0 saturated heterocycles. The maximum absolute atomic E-state index is 10.5. The number of aliphatic hydroxyl groups excluding tert-OH is 14. The van der Waals surface area contributed by atoms with Crippen molar-refractivity contribution in [3.8, 4) is 0 Å². The summed E-state index contributed by atoms with van der Waals surface area (Å²) in [5.74, 6) is -0.725. The third kappa shape index (κ3) is 25.2. The lowest BCUT2D eigenvalue weighted by molar-refractivity contribution is -0.145. The van der Waals surface area contributed by atoms with E-state index in [2.05, 4.69) is 0 Å². The highest BCUT2D eigenvalue weighted by Gasteiger charge is 2.32. The number of carbonyl (C=O) groups is 1. The summed E-state index contributed by atoms with van der Waals surface area (Å²) >= 11 is 0. The summed E-state index contributed by atoms with van der Waals surface area (Å²) in [5, 5.41) is 116. The average Bonchev–Trinajstić information content (AvgIpc) is 2.81. The van der Waals surface area contributed by atoms with Crippen LogP contribution in [-0.2, 0) is 4.79 Å². The number of rotatable bonds is 11. The van der Waals surface area contributed by atoms with Crippen molar-refractivity contribution >= 4 is 5.78 Å². The van der Waals surface area contributed by atoms with E-state index in [1.54, 1.807) is 0 Å². The van der Waals surface area contributed by atoms with Crippen LogP contribution < -0.4 is 0 Å². The van der Waals surface area contributed by atoms with Crippen LogP contribution in [0, 0.1) is 0 Å². The summed E-state index contributed by atoms with van der Waals surface area (Å²) in [5.41, 5.74) is 0. The smallest absolute Gasteiger partial charge is 0.160 e. The molecule has 15 nitrogen and oxygen atoms in total. The standard InChI is InChI=1S/C7H14O6.3C3H8O3/c1-3(9)5(11)7(13)6(12)4(10)2-8;3*4-1-3(6)2-5/h4-8,10-13H,2H2,1H3;3*3-6H,1-2H2/t4-,5+,6-,7-;;;/m1.../s1. The molecule has 0 amide bonds. The van der Waals surface area contributed by atoms with Gasteiger partial charge in [-0.05, 0) is 6.92 Å². The predicted octanol–water partition coefficient (Wildman–Crippen LogP) is -7.99. The van der Waals surface area contributed by atoms with Crippen LogP contribution in [0.3, 0.4) is 0 Å². The second-order valence-corrected chi connectivity index (χ2v) is 5.84. The van der Waals surface area contributed by atoms with Crippen LogP contribution in [0.4, 0.5) is 0 Å². The molecule has 0 radical (unpaired) electrons. The van der Waals surface area contributed by atoms with Crippen LogP contribution in [0.2, 0.25) is 0 Å². The van der Waals surface area contributed by atoms with Gasteiger partial charge in [0.15, 0.2) is 5.78 Å². The summed E-state index contributed by atoms with van der Waals surface area (Å²) < 4.78 is 0. The van der Waals surface area contributed by atoms with Crippen LogP contribution in [-0.4, -0.2) is 166 Å². The van der Waals surface area contributed by atoms with Crippen molar-refractivity contribution in [2.75, 3.05) is 46.2 Å². The first-order chi connectivity index (χ1) is 14.3. The largest absolute Gasteiger partial charge is 0.394 e. The lowest BCUT2D eigenvalue weighted by Gasteiger charge is -2.23. The van der Waals surface area contributed by atoms with Crippen LogP contribution in [0.15, 0.2) is 0 Å². The molecule has 192 valence electrons. The van der Waals surface area contributed by atoms with Gasteiger partial charge >= 0.3 is 0 Å². The first kappa shape index (κ1) is 37.4. The van der Waals surface area contributed by atoms with Gasteiger partial charge in [0, 0.05) is 0 Å². The summed E-state index contributed by atoms with van der Waals surface area (Å²) in [7, 11) is 0. The monoisotopic (exact) mass is 470 g/mol. The van der Waals surface area contributed by atoms with E-state index in [0.29, 0.717) is 0 Å². The SMILES string of the molecule is CC(=O)[C@H](O)[C@@H](O)[C@H](O)[C@H](O)CO.OCC(O)CO.OCC(O)CO.OCC(O)CO. The molecule has 0 rings (SSSR count). The highest BCUT2D eigenvalue weighted by atomic mass is 16.4. The van der Waals surface area contributed by atoms with E-state index < -0.39 is 55.1 Å². The van der Waals surface area contributed by atoms with Crippen LogP contribution in [0.25, 0.3) is 0 Å². The van der Waals surface area contributed by atoms with E-state index >= 15 is 0 Å². The van der Waals surface area contributed by atoms with Gasteiger partial charge in [0.25, 0.3) is 0 Å². The Hall–Kier alpha value is -0.890. The second-order valence-electron chi connectivity index (χ2n) is 5.84. The number of carbonyl (C=O) groups excluding carboxylic acids is 1. The lowest BCUT2D eigenvalue weighted by Crippen LogP contribution is -2.48. The average molecular weight is 470 g/mol. The Morgan fingerprint density at radius 2 is 0.774 bits per heavy atom. The molecule has 0 aromatic carbocycles. The third-order valence-electron chi connectivity index (χ3n) is 2.94. The summed E-state index contributed by atoms with van der Waals surface area (Å²) in [6, 6.07) is 0. The van der Waals surface area contributed by atoms with Gasteiger partial charge in [0.1, 0.15) is 42.7 Å². The molecule has 0 fully saturated rings. The normalized spacial score (nSPS) is 14.4. The van der Waals surface area contributed by atoms with Gasteiger partial charge in [-0.15, -0.1) is 0 Å². The molecule has 0 spiro atoms. The van der Waals surface area contributed by atoms with Gasteiger partial charge < -0.3 is 71.5 Å². The lowest BCUT2D eigenvalue weighted by atomic mass is 10.0. The molecule has 0 aromatic heterocycles. The van der Waals surface area contributed by atoms with E-state index in [1.165, 1.54) is 0 Å². The second kappa shape index (κ2) is 25.4. The topological polar surface area (TPSA) is 300 Å². The Balaban J connectivity index is -0.000000171. The Morgan fingerprint density at radius 3 is 0.903 bits per heavy atom. The van der Waals surface area contributed by atoms with Crippen LogP contribution >= 0.6 is 0 Å². The predicted molar refractivity (Wildman–Crippen MR) is 102 cm³/mol. The first-order valence-electron chi connectivity index (χ1n) is 8.87. The van der Waals surface area contributed by atoms with Crippen molar-refractivity contribution in [1.82, 2.24) is 0 Å². The van der Waals surface area contributed by atoms with E-state index in [0.717, 1.165) is 6.92 Å². The fraction of sp³-hybridized carbons (Fsp3) is 0.938. The molecule has 0 aliphatic carbocycles. The van der Waals surface area contributed by atoms with Crippen molar-refractivity contribution in [3.05, 3.63) is 0 Å². The van der Waals surface area contributed by atoms with E-state index in [1.807, 2.05) is 0 Å². The zero-order valence-electron chi connectivity index (χ0n) is 17.2. The fourth-order valence-corrected chi connectivity index (χ4v) is 0.936. The molecule has 14 N–H and O–H groups in total. The molecule has 0 heterocycles. The Bertz CT molecular complexity index is 337. The summed E-state index contributed by atoms with van der Waals surface area (Å²) in [4.78, 5) is 10.5. The van der Waals surface area contributed by atoms with Gasteiger partial charge in [-0.2, -0.15) is 0 Å². The zero-order valence-corrected chi connectivity index (χ0v) is 17.2. The van der Waals surface area contributed by atoms with E-state index in [9.17, 15) is 4.79 Å². The highest BCUT2D eigenvalue weighted by Crippen LogP contribution is 2.05. The van der Waals surface area contributed by atoms with Gasteiger partial charge in [-0.25, -0.2) is 0 Å². The third-order valence-corrected chi connectivity index (χ3v) is 2.94. The van der Waals surface area contributed by atoms with Gasteiger partial charge in [-0.1, -0.05) is 0 Å². The number of hydrogen-bond donors (Lipinski definition) is 14. The summed E-state index contributed by atoms with van der Waals surface area (Å²) in [6.45, 7) is -1.91. The molecular weight excluding hydrogens is 432 g/mol. The molecule has 4 atom stereocenters. The quantitative estimate of drug-likeness (QED) is 0.133. The maximum atomic E-state index is 10.5. The molecule has 0 saturated carbocycles. The number of Topliss-reactive ketones (excluding diaryl/α,β-unsaturated/α-hetero) is 1. The van der Waals surface area contributed by atoms with E-state index in [4.69, 9.17) is 71.5 Å². The summed E-state index contributed by atoms with van der Waals surface area (Å²) in [6.07, 6.45) is -9.73. The van der Waals surface area contributed by atoms with Crippen molar-refractivity contribution in [1.29, 1.82) is 0 Å². The molecule has 0 aromatic rings. The minimum Gasteiger partial charge on any atom is -0.394 e. The number of ketones is 1. The number of aliphatic hydroxyl groups is 14. The maximum Gasteiger partial charge on any atom is 0.160 e. The number of hydrogen-bond acceptors (Lipinski definition) is 15. The van der Waals surface area contributed by atoms with Gasteiger partial charge in [0.2, 0.25) is 0 Å². The van der Waals surface area contributed by atoms with Crippen LogP contribution in [0.1, 0.15) is 6.92 Å². The van der Waals surface area contributed by atoms with Crippen molar-refractivity contribution in [3.63, 3.8) is 0 Å². The Kier molecular flexibility index (Phi) is 30.6. The molecule has 0 aliphatic rings. The minimum atomic E-state index is -1.79. The van der Waals surface area contributed by atoms with Crippen molar-refractivity contribution < 1.29 is 76.3 Å². The molecule has 31 heavy (non-hydrogen) atoms. The molecular formula is C16H38O15.